The third kappa shape index (κ3) is 3.74. The number of hydrogen-bond donors (Lipinski definition) is 2. The van der Waals surface area contributed by atoms with Crippen LogP contribution < -0.4 is 15.8 Å². The zero-order chi connectivity index (χ0) is 14.5. The number of aromatic nitrogens is 2. The lowest BCUT2D eigenvalue weighted by Crippen LogP contribution is -2.09. The standard InChI is InChI=1S/C14H17ClN4O/c1-3-20-11-6-4-10(5-7-11)9(2)17-13-8-12(15)18-14(16)19-13/h4-9H,3H2,1-2H3,(H3,16,17,18,19). The lowest BCUT2D eigenvalue weighted by molar-refractivity contribution is 0.340. The molecule has 0 saturated heterocycles. The molecule has 0 aliphatic heterocycles. The third-order valence-electron chi connectivity index (χ3n) is 2.77. The van der Waals surface area contributed by atoms with Crippen molar-refractivity contribution in [1.29, 1.82) is 0 Å². The molecule has 0 bridgehead atoms. The average Bonchev–Trinajstić information content (AvgIpc) is 2.38. The molecule has 1 unspecified atom stereocenters. The van der Waals surface area contributed by atoms with Crippen LogP contribution in [-0.2, 0) is 0 Å². The lowest BCUT2D eigenvalue weighted by Gasteiger charge is -2.15. The quantitative estimate of drug-likeness (QED) is 0.827. The fraction of sp³-hybridized carbons (Fsp3) is 0.286. The van der Waals surface area contributed by atoms with Crippen molar-refractivity contribution in [2.45, 2.75) is 19.9 Å². The molecule has 0 amide bonds. The monoisotopic (exact) mass is 292 g/mol. The summed E-state index contributed by atoms with van der Waals surface area (Å²) < 4.78 is 5.42. The average molecular weight is 293 g/mol. The van der Waals surface area contributed by atoms with E-state index in [1.54, 1.807) is 6.07 Å². The molecule has 1 aromatic carbocycles. The molecular formula is C14H17ClN4O. The summed E-state index contributed by atoms with van der Waals surface area (Å²) in [6, 6.07) is 9.61. The molecule has 1 aromatic heterocycles. The van der Waals surface area contributed by atoms with Gasteiger partial charge in [-0.3, -0.25) is 0 Å². The molecule has 0 aliphatic carbocycles. The first-order chi connectivity index (χ1) is 9.58. The summed E-state index contributed by atoms with van der Waals surface area (Å²) in [7, 11) is 0. The van der Waals surface area contributed by atoms with E-state index in [-0.39, 0.29) is 12.0 Å². The Hall–Kier alpha value is -2.01. The summed E-state index contributed by atoms with van der Waals surface area (Å²) in [4.78, 5) is 7.91. The number of benzene rings is 1. The first-order valence-corrected chi connectivity index (χ1v) is 6.75. The minimum atomic E-state index is 0.0658. The van der Waals surface area contributed by atoms with Crippen LogP contribution in [0.15, 0.2) is 30.3 Å². The maximum absolute atomic E-state index is 5.85. The van der Waals surface area contributed by atoms with E-state index in [9.17, 15) is 0 Å². The number of rotatable bonds is 5. The highest BCUT2D eigenvalue weighted by Gasteiger charge is 2.08. The van der Waals surface area contributed by atoms with Crippen LogP contribution in [0.3, 0.4) is 0 Å². The van der Waals surface area contributed by atoms with E-state index in [1.165, 1.54) is 0 Å². The molecule has 20 heavy (non-hydrogen) atoms. The van der Waals surface area contributed by atoms with Gasteiger partial charge >= 0.3 is 0 Å². The van der Waals surface area contributed by atoms with Gasteiger partial charge in [-0.05, 0) is 31.5 Å². The molecule has 6 heteroatoms. The minimum absolute atomic E-state index is 0.0658. The van der Waals surface area contributed by atoms with Crippen molar-refractivity contribution >= 4 is 23.4 Å². The van der Waals surface area contributed by atoms with Crippen LogP contribution in [0, 0.1) is 0 Å². The van der Waals surface area contributed by atoms with Gasteiger partial charge in [-0.1, -0.05) is 23.7 Å². The van der Waals surface area contributed by atoms with E-state index in [0.717, 1.165) is 11.3 Å². The van der Waals surface area contributed by atoms with Crippen LogP contribution in [0.4, 0.5) is 11.8 Å². The predicted octanol–water partition coefficient (Wildman–Crippen LogP) is 3.28. The highest BCUT2D eigenvalue weighted by atomic mass is 35.5. The normalized spacial score (nSPS) is 11.9. The van der Waals surface area contributed by atoms with Crippen LogP contribution in [0.5, 0.6) is 5.75 Å². The first-order valence-electron chi connectivity index (χ1n) is 6.38. The van der Waals surface area contributed by atoms with Crippen LogP contribution in [-0.4, -0.2) is 16.6 Å². The lowest BCUT2D eigenvalue weighted by atomic mass is 10.1. The number of anilines is 2. The van der Waals surface area contributed by atoms with Crippen molar-refractivity contribution in [2.24, 2.45) is 0 Å². The van der Waals surface area contributed by atoms with E-state index >= 15 is 0 Å². The smallest absolute Gasteiger partial charge is 0.223 e. The van der Waals surface area contributed by atoms with Crippen molar-refractivity contribution in [3.63, 3.8) is 0 Å². The zero-order valence-corrected chi connectivity index (χ0v) is 12.2. The largest absolute Gasteiger partial charge is 0.494 e. The highest BCUT2D eigenvalue weighted by molar-refractivity contribution is 6.29. The van der Waals surface area contributed by atoms with Crippen molar-refractivity contribution in [3.05, 3.63) is 41.0 Å². The van der Waals surface area contributed by atoms with E-state index < -0.39 is 0 Å². The number of nitrogens with one attached hydrogen (secondary N) is 1. The SMILES string of the molecule is CCOc1ccc(C(C)Nc2cc(Cl)nc(N)n2)cc1. The van der Waals surface area contributed by atoms with Gasteiger partial charge in [0.05, 0.1) is 6.61 Å². The Morgan fingerprint density at radius 1 is 1.30 bits per heavy atom. The molecular weight excluding hydrogens is 276 g/mol. The number of nitrogen functional groups attached to an aromatic ring is 1. The summed E-state index contributed by atoms with van der Waals surface area (Å²) in [5.74, 6) is 1.61. The second kappa shape index (κ2) is 6.43. The second-order valence-electron chi connectivity index (χ2n) is 4.30. The topological polar surface area (TPSA) is 73.1 Å². The van der Waals surface area contributed by atoms with Gasteiger partial charge in [0.25, 0.3) is 0 Å². The second-order valence-corrected chi connectivity index (χ2v) is 4.69. The number of ether oxygens (including phenoxy) is 1. The van der Waals surface area contributed by atoms with E-state index in [1.807, 2.05) is 38.1 Å². The molecule has 2 rings (SSSR count). The van der Waals surface area contributed by atoms with Gasteiger partial charge < -0.3 is 15.8 Å². The van der Waals surface area contributed by atoms with Crippen molar-refractivity contribution < 1.29 is 4.74 Å². The highest BCUT2D eigenvalue weighted by Crippen LogP contribution is 2.22. The maximum Gasteiger partial charge on any atom is 0.223 e. The Morgan fingerprint density at radius 2 is 2.00 bits per heavy atom. The van der Waals surface area contributed by atoms with Gasteiger partial charge in [-0.15, -0.1) is 0 Å². The molecule has 0 radical (unpaired) electrons. The molecule has 0 saturated carbocycles. The molecule has 3 N–H and O–H groups in total. The zero-order valence-electron chi connectivity index (χ0n) is 11.4. The summed E-state index contributed by atoms with van der Waals surface area (Å²) in [5.41, 5.74) is 6.68. The number of halogens is 1. The van der Waals surface area contributed by atoms with Gasteiger partial charge in [0, 0.05) is 12.1 Å². The molecule has 106 valence electrons. The summed E-state index contributed by atoms with van der Waals surface area (Å²) in [6.45, 7) is 4.65. The Kier molecular flexibility index (Phi) is 4.63. The van der Waals surface area contributed by atoms with E-state index in [4.69, 9.17) is 22.1 Å². The number of nitrogens with zero attached hydrogens (tertiary/aromatic N) is 2. The van der Waals surface area contributed by atoms with Crippen molar-refractivity contribution in [3.8, 4) is 5.75 Å². The van der Waals surface area contributed by atoms with Crippen LogP contribution in [0.2, 0.25) is 5.15 Å². The maximum atomic E-state index is 5.85. The van der Waals surface area contributed by atoms with Crippen LogP contribution in [0.25, 0.3) is 0 Å². The Bertz CT molecular complexity index is 554. The molecule has 5 nitrogen and oxygen atoms in total. The summed E-state index contributed by atoms with van der Waals surface area (Å²) in [5, 5.41) is 3.55. The molecule has 1 atom stereocenters. The van der Waals surface area contributed by atoms with Crippen LogP contribution in [0.1, 0.15) is 25.5 Å². The van der Waals surface area contributed by atoms with E-state index in [2.05, 4.69) is 15.3 Å². The summed E-state index contributed by atoms with van der Waals surface area (Å²) >= 11 is 5.85. The van der Waals surface area contributed by atoms with Gasteiger partial charge in [0.2, 0.25) is 5.95 Å². The molecule has 0 aliphatic rings. The van der Waals surface area contributed by atoms with Crippen LogP contribution >= 0.6 is 11.6 Å². The Labute approximate surface area is 123 Å². The third-order valence-corrected chi connectivity index (χ3v) is 2.96. The number of hydrogen-bond acceptors (Lipinski definition) is 5. The first kappa shape index (κ1) is 14.4. The van der Waals surface area contributed by atoms with Crippen molar-refractivity contribution in [2.75, 3.05) is 17.7 Å². The molecule has 1 heterocycles. The number of nitrogens with two attached hydrogens (primary N) is 1. The van der Waals surface area contributed by atoms with Gasteiger partial charge in [0.1, 0.15) is 16.7 Å². The predicted molar refractivity (Wildman–Crippen MR) is 81.1 cm³/mol. The minimum Gasteiger partial charge on any atom is -0.494 e. The van der Waals surface area contributed by atoms with E-state index in [0.29, 0.717) is 17.6 Å². The molecule has 0 spiro atoms. The molecule has 0 fully saturated rings. The fourth-order valence-corrected chi connectivity index (χ4v) is 2.02. The van der Waals surface area contributed by atoms with Gasteiger partial charge in [0.15, 0.2) is 0 Å². The Balaban J connectivity index is 2.08. The van der Waals surface area contributed by atoms with Crippen molar-refractivity contribution in [1.82, 2.24) is 9.97 Å². The molecule has 2 aromatic rings. The van der Waals surface area contributed by atoms with Gasteiger partial charge in [-0.2, -0.15) is 4.98 Å². The van der Waals surface area contributed by atoms with Gasteiger partial charge in [-0.25, -0.2) is 4.98 Å². The fourth-order valence-electron chi connectivity index (χ4n) is 1.83. The summed E-state index contributed by atoms with van der Waals surface area (Å²) in [6.07, 6.45) is 0. The Morgan fingerprint density at radius 3 is 2.60 bits per heavy atom.